The van der Waals surface area contributed by atoms with Crippen LogP contribution in [-0.2, 0) is 15.3 Å². The number of hydrogen-bond acceptors (Lipinski definition) is 6. The van der Waals surface area contributed by atoms with E-state index in [0.29, 0.717) is 28.7 Å². The third-order valence-electron chi connectivity index (χ3n) is 4.38. The number of nitriles is 1. The number of amidine groups is 1. The lowest BCUT2D eigenvalue weighted by Gasteiger charge is -2.26. The van der Waals surface area contributed by atoms with Gasteiger partial charge in [0.15, 0.2) is 5.17 Å². The van der Waals surface area contributed by atoms with Gasteiger partial charge in [0.05, 0.1) is 23.8 Å². The van der Waals surface area contributed by atoms with E-state index in [9.17, 15) is 10.1 Å². The second kappa shape index (κ2) is 9.77. The molecule has 0 aromatic heterocycles. The molecule has 1 heterocycles. The average molecular weight is 470 g/mol. The Hall–Kier alpha value is -2.56. The topological polar surface area (TPSA) is 74.5 Å². The number of halogens is 1. The fourth-order valence-electron chi connectivity index (χ4n) is 3.01. The molecule has 5 nitrogen and oxygen atoms in total. The molecule has 29 heavy (non-hydrogen) atoms. The van der Waals surface area contributed by atoms with E-state index in [4.69, 9.17) is 9.73 Å². The maximum Gasteiger partial charge on any atom is 0.338 e. The second-order valence-electron chi connectivity index (χ2n) is 6.33. The Bertz CT molecular complexity index is 1030. The summed E-state index contributed by atoms with van der Waals surface area (Å²) >= 11 is 5.00. The lowest BCUT2D eigenvalue weighted by atomic mass is 9.97. The van der Waals surface area contributed by atoms with Crippen LogP contribution in [0.5, 0.6) is 0 Å². The molecule has 0 amide bonds. The van der Waals surface area contributed by atoms with E-state index in [2.05, 4.69) is 27.3 Å². The number of benzene rings is 2. The molecule has 0 saturated heterocycles. The maximum absolute atomic E-state index is 12.6. The molecule has 1 N–H and O–H groups in total. The minimum atomic E-state index is -0.457. The number of rotatable bonds is 5. The summed E-state index contributed by atoms with van der Waals surface area (Å²) in [5.74, 6) is 0.230. The Kier molecular flexibility index (Phi) is 7.13. The molecule has 2 aromatic rings. The number of aliphatic imine (C=N–C) groups is 1. The molecule has 0 unspecified atom stereocenters. The number of hydrogen-bond donors (Lipinski definition) is 1. The number of carbonyl (C=O) groups excluding carboxylic acids is 1. The van der Waals surface area contributed by atoms with Crippen LogP contribution < -0.4 is 5.32 Å². The van der Waals surface area contributed by atoms with Crippen LogP contribution in [0, 0.1) is 11.3 Å². The van der Waals surface area contributed by atoms with Gasteiger partial charge in [-0.15, -0.1) is 0 Å². The zero-order valence-corrected chi connectivity index (χ0v) is 18.5. The van der Waals surface area contributed by atoms with Crippen molar-refractivity contribution in [3.8, 4) is 6.07 Å². The second-order valence-corrected chi connectivity index (χ2v) is 8.21. The van der Waals surface area contributed by atoms with Crippen molar-refractivity contribution < 1.29 is 9.53 Å². The van der Waals surface area contributed by atoms with Gasteiger partial charge in [-0.1, -0.05) is 58.0 Å². The first-order chi connectivity index (χ1) is 14.0. The van der Waals surface area contributed by atoms with E-state index in [1.165, 1.54) is 11.8 Å². The van der Waals surface area contributed by atoms with E-state index in [1.54, 1.807) is 13.0 Å². The molecule has 0 aliphatic carbocycles. The van der Waals surface area contributed by atoms with E-state index in [0.717, 1.165) is 21.3 Å². The maximum atomic E-state index is 12.6. The molecule has 0 saturated carbocycles. The van der Waals surface area contributed by atoms with E-state index in [1.807, 2.05) is 49.4 Å². The SMILES string of the molecule is CCOC(=O)C1=C(C)NC(SCc2ccccc2C#N)=N[C@@H]1c1cccc(Br)c1. The molecule has 1 aliphatic rings. The number of esters is 1. The van der Waals surface area contributed by atoms with Crippen LogP contribution in [0.4, 0.5) is 0 Å². The summed E-state index contributed by atoms with van der Waals surface area (Å²) in [5, 5.41) is 13.2. The fourth-order valence-corrected chi connectivity index (χ4v) is 4.38. The van der Waals surface area contributed by atoms with Crippen molar-refractivity contribution in [1.82, 2.24) is 5.32 Å². The summed E-state index contributed by atoms with van der Waals surface area (Å²) in [7, 11) is 0. The van der Waals surface area contributed by atoms with Crippen LogP contribution in [0.1, 0.15) is 36.6 Å². The quantitative estimate of drug-likeness (QED) is 0.617. The van der Waals surface area contributed by atoms with Gasteiger partial charge in [0.1, 0.15) is 6.04 Å². The predicted molar refractivity (Wildman–Crippen MR) is 119 cm³/mol. The average Bonchev–Trinajstić information content (AvgIpc) is 2.72. The Morgan fingerprint density at radius 1 is 1.31 bits per heavy atom. The highest BCUT2D eigenvalue weighted by Gasteiger charge is 2.30. The molecule has 0 spiro atoms. The largest absolute Gasteiger partial charge is 0.463 e. The van der Waals surface area contributed by atoms with Crippen LogP contribution in [0.25, 0.3) is 0 Å². The lowest BCUT2D eigenvalue weighted by molar-refractivity contribution is -0.138. The highest BCUT2D eigenvalue weighted by molar-refractivity contribution is 9.10. The van der Waals surface area contributed by atoms with Crippen LogP contribution in [0.3, 0.4) is 0 Å². The number of nitrogens with one attached hydrogen (secondary N) is 1. The fraction of sp³-hybridized carbons (Fsp3) is 0.227. The third kappa shape index (κ3) is 5.08. The molecule has 0 bridgehead atoms. The molecule has 3 rings (SSSR count). The van der Waals surface area contributed by atoms with Crippen molar-refractivity contribution in [2.75, 3.05) is 6.61 Å². The van der Waals surface area contributed by atoms with Gasteiger partial charge in [-0.05, 0) is 43.2 Å². The first kappa shape index (κ1) is 21.2. The van der Waals surface area contributed by atoms with Crippen molar-refractivity contribution in [3.63, 3.8) is 0 Å². The van der Waals surface area contributed by atoms with Gasteiger partial charge in [-0.25, -0.2) is 9.79 Å². The number of allylic oxidation sites excluding steroid dienone is 1. The van der Waals surface area contributed by atoms with E-state index < -0.39 is 6.04 Å². The number of carbonyl (C=O) groups is 1. The number of ether oxygens (including phenoxy) is 1. The van der Waals surface area contributed by atoms with Crippen molar-refractivity contribution in [1.29, 1.82) is 5.26 Å². The van der Waals surface area contributed by atoms with Crippen molar-refractivity contribution in [3.05, 3.63) is 81.0 Å². The zero-order chi connectivity index (χ0) is 20.8. The molecule has 2 aromatic carbocycles. The molecular weight excluding hydrogens is 450 g/mol. The van der Waals surface area contributed by atoms with Gasteiger partial charge >= 0.3 is 5.97 Å². The zero-order valence-electron chi connectivity index (χ0n) is 16.1. The Balaban J connectivity index is 1.91. The molecule has 148 valence electrons. The van der Waals surface area contributed by atoms with Crippen LogP contribution in [-0.4, -0.2) is 17.7 Å². The van der Waals surface area contributed by atoms with Gasteiger partial charge in [-0.2, -0.15) is 5.26 Å². The summed E-state index contributed by atoms with van der Waals surface area (Å²) < 4.78 is 6.19. The van der Waals surface area contributed by atoms with Gasteiger partial charge in [0.25, 0.3) is 0 Å². The number of thioether (sulfide) groups is 1. The van der Waals surface area contributed by atoms with Crippen LogP contribution in [0.15, 0.2) is 69.3 Å². The summed E-state index contributed by atoms with van der Waals surface area (Å²) in [6, 6.07) is 17.0. The molecule has 1 aliphatic heterocycles. The van der Waals surface area contributed by atoms with Gasteiger partial charge in [0.2, 0.25) is 0 Å². The van der Waals surface area contributed by atoms with Crippen molar-refractivity contribution >= 4 is 38.8 Å². The highest BCUT2D eigenvalue weighted by atomic mass is 79.9. The molecule has 7 heteroatoms. The number of nitrogens with zero attached hydrogens (tertiary/aromatic N) is 2. The summed E-state index contributed by atoms with van der Waals surface area (Å²) in [6.07, 6.45) is 0. The Morgan fingerprint density at radius 2 is 2.10 bits per heavy atom. The van der Waals surface area contributed by atoms with E-state index in [-0.39, 0.29) is 5.97 Å². The summed E-state index contributed by atoms with van der Waals surface area (Å²) in [6.45, 7) is 3.95. The molecular formula is C22H20BrN3O2S. The van der Waals surface area contributed by atoms with Crippen LogP contribution in [0.2, 0.25) is 0 Å². The first-order valence-corrected chi connectivity index (χ1v) is 10.9. The minimum absolute atomic E-state index is 0.303. The Morgan fingerprint density at radius 3 is 2.83 bits per heavy atom. The predicted octanol–water partition coefficient (Wildman–Crippen LogP) is 5.09. The molecule has 0 fully saturated rings. The standard InChI is InChI=1S/C22H20BrN3O2S/c1-3-28-21(27)19-14(2)25-22(26-20(19)15-9-6-10-18(23)11-15)29-13-17-8-5-4-7-16(17)12-24/h4-11,20H,3,13H2,1-2H3,(H,25,26)/t20-/m1/s1. The highest BCUT2D eigenvalue weighted by Crippen LogP contribution is 2.34. The van der Waals surface area contributed by atoms with Gasteiger partial charge < -0.3 is 10.1 Å². The summed E-state index contributed by atoms with van der Waals surface area (Å²) in [4.78, 5) is 17.4. The molecule has 1 atom stereocenters. The lowest BCUT2D eigenvalue weighted by Crippen LogP contribution is -2.30. The third-order valence-corrected chi connectivity index (χ3v) is 5.81. The minimum Gasteiger partial charge on any atom is -0.463 e. The van der Waals surface area contributed by atoms with Crippen molar-refractivity contribution in [2.24, 2.45) is 4.99 Å². The van der Waals surface area contributed by atoms with Gasteiger partial charge in [0, 0.05) is 15.9 Å². The van der Waals surface area contributed by atoms with Crippen molar-refractivity contribution in [2.45, 2.75) is 25.6 Å². The van der Waals surface area contributed by atoms with Gasteiger partial charge in [-0.3, -0.25) is 0 Å². The van der Waals surface area contributed by atoms with Crippen LogP contribution >= 0.6 is 27.7 Å². The molecule has 0 radical (unpaired) electrons. The summed E-state index contributed by atoms with van der Waals surface area (Å²) in [5.41, 5.74) is 3.73. The smallest absolute Gasteiger partial charge is 0.338 e. The van der Waals surface area contributed by atoms with E-state index >= 15 is 0 Å². The monoisotopic (exact) mass is 469 g/mol. The normalized spacial score (nSPS) is 15.9. The first-order valence-electron chi connectivity index (χ1n) is 9.12. The Labute approximate surface area is 183 Å².